The van der Waals surface area contributed by atoms with E-state index < -0.39 is 21.7 Å². The van der Waals surface area contributed by atoms with Gasteiger partial charge in [-0.25, -0.2) is 21.5 Å². The SMILES string of the molecule is CCS(=O)(=O)N1CCC2(CN(Cc3ccc(F)c(F)c3)C2)C1. The lowest BCUT2D eigenvalue weighted by molar-refractivity contribution is 0.00645. The number of hydrogen-bond donors (Lipinski definition) is 0. The van der Waals surface area contributed by atoms with Crippen LogP contribution in [0.5, 0.6) is 0 Å². The zero-order chi connectivity index (χ0) is 16.0. The first-order chi connectivity index (χ1) is 10.3. The molecule has 122 valence electrons. The van der Waals surface area contributed by atoms with Crippen LogP contribution in [0.4, 0.5) is 8.78 Å². The number of likely N-dealkylation sites (tertiary alicyclic amines) is 1. The van der Waals surface area contributed by atoms with Crippen molar-refractivity contribution in [3.63, 3.8) is 0 Å². The van der Waals surface area contributed by atoms with E-state index in [2.05, 4.69) is 4.90 Å². The zero-order valence-electron chi connectivity index (χ0n) is 12.6. The van der Waals surface area contributed by atoms with Crippen LogP contribution in [0.15, 0.2) is 18.2 Å². The summed E-state index contributed by atoms with van der Waals surface area (Å²) in [5.74, 6) is -1.52. The largest absolute Gasteiger partial charge is 0.298 e. The molecule has 4 nitrogen and oxygen atoms in total. The summed E-state index contributed by atoms with van der Waals surface area (Å²) in [6.45, 7) is 5.02. The normalized spacial score (nSPS) is 22.1. The van der Waals surface area contributed by atoms with Crippen LogP contribution in [0, 0.1) is 17.0 Å². The van der Waals surface area contributed by atoms with Gasteiger partial charge < -0.3 is 0 Å². The molecule has 1 aromatic carbocycles. The fourth-order valence-corrected chi connectivity index (χ4v) is 4.69. The molecule has 0 N–H and O–H groups in total. The first kappa shape index (κ1) is 15.8. The Morgan fingerprint density at radius 2 is 1.91 bits per heavy atom. The lowest BCUT2D eigenvalue weighted by Gasteiger charge is -2.48. The van der Waals surface area contributed by atoms with Crippen molar-refractivity contribution >= 4 is 10.0 Å². The van der Waals surface area contributed by atoms with Gasteiger partial charge in [-0.15, -0.1) is 0 Å². The minimum Gasteiger partial charge on any atom is -0.298 e. The van der Waals surface area contributed by atoms with Gasteiger partial charge in [0.25, 0.3) is 0 Å². The Morgan fingerprint density at radius 3 is 2.55 bits per heavy atom. The topological polar surface area (TPSA) is 40.6 Å². The van der Waals surface area contributed by atoms with Gasteiger partial charge in [-0.05, 0) is 31.0 Å². The van der Waals surface area contributed by atoms with Crippen LogP contribution in [-0.4, -0.2) is 49.6 Å². The van der Waals surface area contributed by atoms with Gasteiger partial charge in [0.1, 0.15) is 0 Å². The smallest absolute Gasteiger partial charge is 0.213 e. The predicted molar refractivity (Wildman–Crippen MR) is 79.7 cm³/mol. The molecule has 2 aliphatic rings. The lowest BCUT2D eigenvalue weighted by atomic mass is 9.79. The molecule has 0 aromatic heterocycles. The minimum absolute atomic E-state index is 0.0425. The number of benzene rings is 1. The molecule has 2 saturated heterocycles. The van der Waals surface area contributed by atoms with Crippen LogP contribution < -0.4 is 0 Å². The highest BCUT2D eigenvalue weighted by molar-refractivity contribution is 7.89. The number of nitrogens with zero attached hydrogens (tertiary/aromatic N) is 2. The van der Waals surface area contributed by atoms with E-state index >= 15 is 0 Å². The van der Waals surface area contributed by atoms with E-state index in [9.17, 15) is 17.2 Å². The van der Waals surface area contributed by atoms with E-state index in [1.54, 1.807) is 17.3 Å². The Labute approximate surface area is 129 Å². The van der Waals surface area contributed by atoms with E-state index in [1.807, 2.05) is 0 Å². The van der Waals surface area contributed by atoms with Crippen LogP contribution >= 0.6 is 0 Å². The van der Waals surface area contributed by atoms with Gasteiger partial charge in [0.15, 0.2) is 11.6 Å². The van der Waals surface area contributed by atoms with Crippen molar-refractivity contribution in [2.24, 2.45) is 5.41 Å². The fourth-order valence-electron chi connectivity index (χ4n) is 3.48. The summed E-state index contributed by atoms with van der Waals surface area (Å²) in [5.41, 5.74) is 0.783. The van der Waals surface area contributed by atoms with Crippen molar-refractivity contribution in [2.75, 3.05) is 31.9 Å². The Bertz CT molecular complexity index is 672. The second-order valence-electron chi connectivity index (χ2n) is 6.38. The molecule has 3 rings (SSSR count). The molecule has 0 radical (unpaired) electrons. The molecule has 22 heavy (non-hydrogen) atoms. The van der Waals surface area contributed by atoms with E-state index in [0.29, 0.717) is 19.6 Å². The zero-order valence-corrected chi connectivity index (χ0v) is 13.4. The molecule has 0 saturated carbocycles. The first-order valence-corrected chi connectivity index (χ1v) is 9.09. The third kappa shape index (κ3) is 2.89. The Hall–Kier alpha value is -1.05. The third-order valence-electron chi connectivity index (χ3n) is 4.67. The van der Waals surface area contributed by atoms with Crippen molar-refractivity contribution in [1.82, 2.24) is 9.21 Å². The highest BCUT2D eigenvalue weighted by Crippen LogP contribution is 2.41. The van der Waals surface area contributed by atoms with E-state index in [0.717, 1.165) is 31.1 Å². The third-order valence-corrected chi connectivity index (χ3v) is 6.50. The van der Waals surface area contributed by atoms with Crippen molar-refractivity contribution in [2.45, 2.75) is 19.9 Å². The number of hydrogen-bond acceptors (Lipinski definition) is 3. The van der Waals surface area contributed by atoms with Crippen LogP contribution in [-0.2, 0) is 16.6 Å². The summed E-state index contributed by atoms with van der Waals surface area (Å²) < 4.78 is 51.5. The van der Waals surface area contributed by atoms with Crippen LogP contribution in [0.3, 0.4) is 0 Å². The van der Waals surface area contributed by atoms with E-state index in [-0.39, 0.29) is 11.2 Å². The first-order valence-electron chi connectivity index (χ1n) is 7.48. The molecule has 2 heterocycles. The molecule has 0 amide bonds. The predicted octanol–water partition coefficient (Wildman–Crippen LogP) is 1.82. The highest BCUT2D eigenvalue weighted by atomic mass is 32.2. The fraction of sp³-hybridized carbons (Fsp3) is 0.600. The average molecular weight is 330 g/mol. The number of sulfonamides is 1. The van der Waals surface area contributed by atoms with Gasteiger partial charge in [-0.2, -0.15) is 0 Å². The van der Waals surface area contributed by atoms with Gasteiger partial charge in [0.2, 0.25) is 10.0 Å². The lowest BCUT2D eigenvalue weighted by Crippen LogP contribution is -2.57. The summed E-state index contributed by atoms with van der Waals surface area (Å²) in [6, 6.07) is 3.96. The van der Waals surface area contributed by atoms with E-state index in [4.69, 9.17) is 0 Å². The van der Waals surface area contributed by atoms with Crippen LogP contribution in [0.1, 0.15) is 18.9 Å². The van der Waals surface area contributed by atoms with Gasteiger partial charge >= 0.3 is 0 Å². The monoisotopic (exact) mass is 330 g/mol. The molecule has 2 aliphatic heterocycles. The summed E-state index contributed by atoms with van der Waals surface area (Å²) in [6.07, 6.45) is 0.876. The molecule has 0 unspecified atom stereocenters. The van der Waals surface area contributed by atoms with Gasteiger partial charge in [0.05, 0.1) is 5.75 Å². The molecule has 1 aromatic rings. The van der Waals surface area contributed by atoms with Gasteiger partial charge in [-0.1, -0.05) is 6.07 Å². The second-order valence-corrected chi connectivity index (χ2v) is 8.64. The standard InChI is InChI=1S/C15H20F2N2O2S/c1-2-22(20,21)19-6-5-15(11-19)9-18(10-15)8-12-3-4-13(16)14(17)7-12/h3-4,7H,2,5-6,8-11H2,1H3. The number of halogens is 2. The quantitative estimate of drug-likeness (QED) is 0.846. The van der Waals surface area contributed by atoms with Crippen LogP contribution in [0.2, 0.25) is 0 Å². The maximum Gasteiger partial charge on any atom is 0.213 e. The Morgan fingerprint density at radius 1 is 1.18 bits per heavy atom. The molecule has 1 spiro atoms. The molecular weight excluding hydrogens is 310 g/mol. The summed E-state index contributed by atoms with van der Waals surface area (Å²) >= 11 is 0. The molecular formula is C15H20F2N2O2S. The Balaban J connectivity index is 1.57. The minimum atomic E-state index is -3.11. The molecule has 0 atom stereocenters. The molecule has 2 fully saturated rings. The maximum absolute atomic E-state index is 13.2. The number of rotatable bonds is 4. The van der Waals surface area contributed by atoms with Gasteiger partial charge in [0, 0.05) is 38.1 Å². The van der Waals surface area contributed by atoms with Crippen molar-refractivity contribution < 1.29 is 17.2 Å². The van der Waals surface area contributed by atoms with Gasteiger partial charge in [-0.3, -0.25) is 4.90 Å². The van der Waals surface area contributed by atoms with Crippen LogP contribution in [0.25, 0.3) is 0 Å². The molecule has 7 heteroatoms. The summed E-state index contributed by atoms with van der Waals surface area (Å²) in [4.78, 5) is 2.15. The highest BCUT2D eigenvalue weighted by Gasteiger charge is 2.49. The maximum atomic E-state index is 13.2. The molecule has 0 bridgehead atoms. The molecule has 0 aliphatic carbocycles. The van der Waals surface area contributed by atoms with Crippen molar-refractivity contribution in [3.8, 4) is 0 Å². The average Bonchev–Trinajstić information content (AvgIpc) is 2.88. The van der Waals surface area contributed by atoms with Crippen molar-refractivity contribution in [1.29, 1.82) is 0 Å². The summed E-state index contributed by atoms with van der Waals surface area (Å²) in [7, 11) is -3.11. The van der Waals surface area contributed by atoms with Crippen molar-refractivity contribution in [3.05, 3.63) is 35.4 Å². The van der Waals surface area contributed by atoms with E-state index in [1.165, 1.54) is 6.07 Å². The second kappa shape index (κ2) is 5.54. The summed E-state index contributed by atoms with van der Waals surface area (Å²) in [5, 5.41) is 0. The Kier molecular flexibility index (Phi) is 3.99.